The van der Waals surface area contributed by atoms with Crippen molar-refractivity contribution in [2.45, 2.75) is 6.61 Å². The van der Waals surface area contributed by atoms with Crippen molar-refractivity contribution < 1.29 is 18.3 Å². The van der Waals surface area contributed by atoms with Crippen LogP contribution in [0.25, 0.3) is 0 Å². The molecule has 0 unspecified atom stereocenters. The van der Waals surface area contributed by atoms with Gasteiger partial charge >= 0.3 is 6.61 Å². The van der Waals surface area contributed by atoms with Gasteiger partial charge in [-0.1, -0.05) is 0 Å². The second kappa shape index (κ2) is 3.90. The Morgan fingerprint density at radius 1 is 1.42 bits per heavy atom. The number of halogens is 2. The lowest BCUT2D eigenvalue weighted by Crippen LogP contribution is -2.01. The highest BCUT2D eigenvalue weighted by Crippen LogP contribution is 2.17. The van der Waals surface area contributed by atoms with Crippen LogP contribution in [0.15, 0.2) is 18.2 Å². The minimum absolute atomic E-state index is 0.0748. The average Bonchev–Trinajstić information content (AvgIpc) is 2.05. The third-order valence-corrected chi connectivity index (χ3v) is 1.20. The minimum atomic E-state index is -2.80. The molecule has 0 fully saturated rings. The standard InChI is InChI=1S/C8H7F2O2/c1-11-6-2-4-7(5-3-6)12-8(9)10/h2,4-5,8H,1H3. The Labute approximate surface area is 68.7 Å². The van der Waals surface area contributed by atoms with Gasteiger partial charge in [0.15, 0.2) is 0 Å². The predicted molar refractivity (Wildman–Crippen MR) is 38.5 cm³/mol. The van der Waals surface area contributed by atoms with Crippen LogP contribution in [-0.4, -0.2) is 13.7 Å². The molecule has 0 saturated carbocycles. The molecule has 1 aromatic rings. The maximum atomic E-state index is 11.6. The molecule has 0 bridgehead atoms. The van der Waals surface area contributed by atoms with Gasteiger partial charge in [0.25, 0.3) is 0 Å². The summed E-state index contributed by atoms with van der Waals surface area (Å²) in [5, 5.41) is 0. The molecule has 0 aliphatic heterocycles. The Balaban J connectivity index is 2.65. The quantitative estimate of drug-likeness (QED) is 0.696. The molecular weight excluding hydrogens is 166 g/mol. The maximum Gasteiger partial charge on any atom is 0.387 e. The molecule has 12 heavy (non-hydrogen) atoms. The van der Waals surface area contributed by atoms with Gasteiger partial charge < -0.3 is 9.47 Å². The topological polar surface area (TPSA) is 18.5 Å². The monoisotopic (exact) mass is 173 g/mol. The van der Waals surface area contributed by atoms with Crippen LogP contribution < -0.4 is 9.47 Å². The number of methoxy groups -OCH3 is 1. The van der Waals surface area contributed by atoms with Crippen LogP contribution in [0.1, 0.15) is 0 Å². The molecule has 2 nitrogen and oxygen atoms in total. The molecule has 65 valence electrons. The van der Waals surface area contributed by atoms with Gasteiger partial charge in [-0.3, -0.25) is 0 Å². The number of rotatable bonds is 3. The molecule has 1 aromatic carbocycles. The summed E-state index contributed by atoms with van der Waals surface area (Å²) in [5.74, 6) is 0.558. The van der Waals surface area contributed by atoms with E-state index >= 15 is 0 Å². The fourth-order valence-electron chi connectivity index (χ4n) is 0.699. The van der Waals surface area contributed by atoms with Crippen molar-refractivity contribution in [2.75, 3.05) is 7.11 Å². The van der Waals surface area contributed by atoms with Crippen LogP contribution in [-0.2, 0) is 0 Å². The lowest BCUT2D eigenvalue weighted by atomic mass is 10.3. The first-order chi connectivity index (χ1) is 5.72. The van der Waals surface area contributed by atoms with E-state index in [1.165, 1.54) is 25.3 Å². The first-order valence-corrected chi connectivity index (χ1v) is 3.23. The molecule has 0 amide bonds. The van der Waals surface area contributed by atoms with E-state index in [1.807, 2.05) is 0 Å². The summed E-state index contributed by atoms with van der Waals surface area (Å²) in [6.45, 7) is -2.80. The van der Waals surface area contributed by atoms with Gasteiger partial charge in [-0.2, -0.15) is 8.78 Å². The Bertz CT molecular complexity index is 233. The normalized spacial score (nSPS) is 10.0. The highest BCUT2D eigenvalue weighted by Gasteiger charge is 2.03. The van der Waals surface area contributed by atoms with Gasteiger partial charge in [0.1, 0.15) is 11.5 Å². The Morgan fingerprint density at radius 2 is 2.17 bits per heavy atom. The van der Waals surface area contributed by atoms with Crippen molar-refractivity contribution in [1.29, 1.82) is 0 Å². The average molecular weight is 173 g/mol. The Morgan fingerprint density at radius 3 is 2.58 bits per heavy atom. The van der Waals surface area contributed by atoms with Gasteiger partial charge in [0, 0.05) is 6.07 Å². The molecule has 0 aliphatic rings. The summed E-state index contributed by atoms with van der Waals surface area (Å²) < 4.78 is 32.1. The van der Waals surface area contributed by atoms with Crippen molar-refractivity contribution >= 4 is 0 Å². The van der Waals surface area contributed by atoms with Crippen LogP contribution >= 0.6 is 0 Å². The SMILES string of the molecule is COc1[c]cc(OC(F)F)cc1. The molecule has 1 radical (unpaired) electrons. The predicted octanol–water partition coefficient (Wildman–Crippen LogP) is 2.10. The third kappa shape index (κ3) is 2.38. The highest BCUT2D eigenvalue weighted by molar-refractivity contribution is 5.29. The zero-order valence-electron chi connectivity index (χ0n) is 6.38. The smallest absolute Gasteiger partial charge is 0.387 e. The van der Waals surface area contributed by atoms with E-state index < -0.39 is 6.61 Å². The first-order valence-electron chi connectivity index (χ1n) is 3.23. The van der Waals surface area contributed by atoms with E-state index in [4.69, 9.17) is 4.74 Å². The fourth-order valence-corrected chi connectivity index (χ4v) is 0.699. The summed E-state index contributed by atoms with van der Waals surface area (Å²) >= 11 is 0. The second-order valence-corrected chi connectivity index (χ2v) is 1.97. The van der Waals surface area contributed by atoms with Crippen molar-refractivity contribution in [3.05, 3.63) is 24.3 Å². The van der Waals surface area contributed by atoms with Crippen molar-refractivity contribution in [2.24, 2.45) is 0 Å². The lowest BCUT2D eigenvalue weighted by molar-refractivity contribution is -0.0498. The van der Waals surface area contributed by atoms with Gasteiger partial charge in [-0.05, 0) is 18.2 Å². The van der Waals surface area contributed by atoms with Crippen molar-refractivity contribution in [3.63, 3.8) is 0 Å². The summed E-state index contributed by atoms with van der Waals surface area (Å²) in [6.07, 6.45) is 0. The van der Waals surface area contributed by atoms with Crippen LogP contribution in [0.5, 0.6) is 11.5 Å². The molecule has 0 saturated heterocycles. The number of benzene rings is 1. The summed E-state index contributed by atoms with van der Waals surface area (Å²) in [5.41, 5.74) is 0. The highest BCUT2D eigenvalue weighted by atomic mass is 19.3. The number of hydrogen-bond acceptors (Lipinski definition) is 2. The number of ether oxygens (including phenoxy) is 2. The molecule has 0 aliphatic carbocycles. The van der Waals surface area contributed by atoms with Gasteiger partial charge in [0.2, 0.25) is 0 Å². The molecule has 0 N–H and O–H groups in total. The number of alkyl halides is 2. The first kappa shape index (κ1) is 8.77. The van der Waals surface area contributed by atoms with Gasteiger partial charge in [-0.15, -0.1) is 0 Å². The van der Waals surface area contributed by atoms with E-state index in [0.717, 1.165) is 0 Å². The van der Waals surface area contributed by atoms with Crippen LogP contribution in [0, 0.1) is 6.07 Å². The summed E-state index contributed by atoms with van der Waals surface area (Å²) in [4.78, 5) is 0. The van der Waals surface area contributed by atoms with Crippen molar-refractivity contribution in [1.82, 2.24) is 0 Å². The van der Waals surface area contributed by atoms with Gasteiger partial charge in [0.05, 0.1) is 7.11 Å². The Hall–Kier alpha value is -1.32. The summed E-state index contributed by atoms with van der Waals surface area (Å²) in [6, 6.07) is 6.80. The van der Waals surface area contributed by atoms with Crippen molar-refractivity contribution in [3.8, 4) is 11.5 Å². The van der Waals surface area contributed by atoms with Crippen LogP contribution in [0.2, 0.25) is 0 Å². The second-order valence-electron chi connectivity index (χ2n) is 1.97. The fraction of sp³-hybridized carbons (Fsp3) is 0.250. The zero-order valence-corrected chi connectivity index (χ0v) is 6.38. The zero-order chi connectivity index (χ0) is 8.97. The van der Waals surface area contributed by atoms with E-state index in [-0.39, 0.29) is 5.75 Å². The van der Waals surface area contributed by atoms with E-state index in [1.54, 1.807) is 0 Å². The molecule has 0 aromatic heterocycles. The molecular formula is C8H7F2O2. The minimum Gasteiger partial charge on any atom is -0.496 e. The molecule has 4 heteroatoms. The van der Waals surface area contributed by atoms with Gasteiger partial charge in [-0.25, -0.2) is 0 Å². The molecule has 1 rings (SSSR count). The van der Waals surface area contributed by atoms with Crippen LogP contribution in [0.4, 0.5) is 8.78 Å². The largest absolute Gasteiger partial charge is 0.496 e. The lowest BCUT2D eigenvalue weighted by Gasteiger charge is -2.04. The van der Waals surface area contributed by atoms with Crippen LogP contribution in [0.3, 0.4) is 0 Å². The molecule has 0 spiro atoms. The maximum absolute atomic E-state index is 11.6. The molecule has 0 heterocycles. The Kier molecular flexibility index (Phi) is 2.85. The van der Waals surface area contributed by atoms with E-state index in [9.17, 15) is 8.78 Å². The van der Waals surface area contributed by atoms with E-state index in [2.05, 4.69) is 10.8 Å². The summed E-state index contributed by atoms with van der Waals surface area (Å²) in [7, 11) is 1.47. The third-order valence-electron chi connectivity index (χ3n) is 1.20. The number of hydrogen-bond donors (Lipinski definition) is 0. The molecule has 0 atom stereocenters. The van der Waals surface area contributed by atoms with E-state index in [0.29, 0.717) is 5.75 Å².